The van der Waals surface area contributed by atoms with Gasteiger partial charge in [-0.2, -0.15) is 0 Å². The number of carbonyl (C=O) groups is 1. The number of carbonyl (C=O) groups excluding carboxylic acids is 1. The highest BCUT2D eigenvalue weighted by Crippen LogP contribution is 2.25. The molecular formula is C13H26O2. The predicted molar refractivity (Wildman–Crippen MR) is 64.0 cm³/mol. The minimum Gasteiger partial charge on any atom is -0.367 e. The minimum absolute atomic E-state index is 0.0616. The molecule has 0 aromatic heterocycles. The van der Waals surface area contributed by atoms with E-state index in [9.17, 15) is 4.79 Å². The molecule has 0 saturated heterocycles. The molecule has 0 rings (SSSR count). The molecule has 2 heteroatoms. The van der Waals surface area contributed by atoms with Crippen LogP contribution in [-0.4, -0.2) is 18.0 Å². The summed E-state index contributed by atoms with van der Waals surface area (Å²) in [6, 6.07) is 0. The number of unbranched alkanes of at least 4 members (excludes halogenated alkanes) is 1. The van der Waals surface area contributed by atoms with Gasteiger partial charge in [0.15, 0.2) is 5.78 Å². The van der Waals surface area contributed by atoms with Gasteiger partial charge in [0.05, 0.1) is 0 Å². The van der Waals surface area contributed by atoms with Crippen molar-refractivity contribution in [2.45, 2.75) is 65.9 Å². The van der Waals surface area contributed by atoms with Gasteiger partial charge in [0, 0.05) is 12.5 Å². The second-order valence-electron chi connectivity index (χ2n) is 4.42. The fourth-order valence-electron chi connectivity index (χ4n) is 1.81. The zero-order valence-electron chi connectivity index (χ0n) is 10.9. The van der Waals surface area contributed by atoms with Crippen LogP contribution in [0, 0.1) is 5.92 Å². The van der Waals surface area contributed by atoms with Crippen molar-refractivity contribution < 1.29 is 9.53 Å². The largest absolute Gasteiger partial charge is 0.367 e. The van der Waals surface area contributed by atoms with Crippen LogP contribution in [0.25, 0.3) is 0 Å². The van der Waals surface area contributed by atoms with E-state index < -0.39 is 5.60 Å². The number of Topliss-reactive ketones (excluding diaryl/α,β-unsaturated/α-hetero) is 1. The van der Waals surface area contributed by atoms with Crippen molar-refractivity contribution in [1.29, 1.82) is 0 Å². The second kappa shape index (κ2) is 7.00. The van der Waals surface area contributed by atoms with Gasteiger partial charge in [-0.25, -0.2) is 0 Å². The first-order valence-corrected chi connectivity index (χ1v) is 6.22. The van der Waals surface area contributed by atoms with Crippen molar-refractivity contribution >= 4 is 5.78 Å². The highest BCUT2D eigenvalue weighted by molar-refractivity contribution is 5.88. The van der Waals surface area contributed by atoms with Crippen LogP contribution in [0.1, 0.15) is 60.3 Å². The number of hydrogen-bond acceptors (Lipinski definition) is 2. The number of rotatable bonds is 8. The lowest BCUT2D eigenvalue weighted by molar-refractivity contribution is -0.149. The Labute approximate surface area is 94.4 Å². The molecule has 0 aromatic rings. The van der Waals surface area contributed by atoms with E-state index in [1.165, 1.54) is 0 Å². The molecule has 0 unspecified atom stereocenters. The Morgan fingerprint density at radius 3 is 2.07 bits per heavy atom. The van der Waals surface area contributed by atoms with Crippen LogP contribution in [-0.2, 0) is 9.53 Å². The average molecular weight is 214 g/mol. The molecule has 90 valence electrons. The first-order valence-electron chi connectivity index (χ1n) is 6.22. The SMILES string of the molecule is CCCCOC(CC)(CC)C(=O)C(C)C. The van der Waals surface area contributed by atoms with Gasteiger partial charge in [-0.3, -0.25) is 4.79 Å². The van der Waals surface area contributed by atoms with Crippen LogP contribution in [0.5, 0.6) is 0 Å². The lowest BCUT2D eigenvalue weighted by Crippen LogP contribution is -2.43. The van der Waals surface area contributed by atoms with E-state index in [2.05, 4.69) is 6.92 Å². The summed E-state index contributed by atoms with van der Waals surface area (Å²) in [6.07, 6.45) is 3.71. The predicted octanol–water partition coefficient (Wildman–Crippen LogP) is 3.59. The Morgan fingerprint density at radius 2 is 1.73 bits per heavy atom. The van der Waals surface area contributed by atoms with Crippen molar-refractivity contribution in [3.8, 4) is 0 Å². The molecule has 0 bridgehead atoms. The third-order valence-electron chi connectivity index (χ3n) is 2.99. The summed E-state index contributed by atoms with van der Waals surface area (Å²) < 4.78 is 5.84. The van der Waals surface area contributed by atoms with Crippen molar-refractivity contribution in [2.24, 2.45) is 5.92 Å². The van der Waals surface area contributed by atoms with Crippen molar-refractivity contribution in [3.63, 3.8) is 0 Å². The Kier molecular flexibility index (Phi) is 6.82. The first kappa shape index (κ1) is 14.6. The summed E-state index contributed by atoms with van der Waals surface area (Å²) in [7, 11) is 0. The number of ether oxygens (including phenoxy) is 1. The van der Waals surface area contributed by atoms with Gasteiger partial charge in [0.25, 0.3) is 0 Å². The maximum atomic E-state index is 12.1. The monoisotopic (exact) mass is 214 g/mol. The zero-order valence-corrected chi connectivity index (χ0v) is 10.9. The van der Waals surface area contributed by atoms with Crippen LogP contribution in [0.3, 0.4) is 0 Å². The van der Waals surface area contributed by atoms with E-state index in [0.29, 0.717) is 6.61 Å². The molecule has 0 spiro atoms. The van der Waals surface area contributed by atoms with Gasteiger partial charge in [-0.1, -0.05) is 41.0 Å². The molecule has 15 heavy (non-hydrogen) atoms. The molecule has 0 heterocycles. The summed E-state index contributed by atoms with van der Waals surface area (Å²) in [5.74, 6) is 0.315. The van der Waals surface area contributed by atoms with Gasteiger partial charge in [-0.15, -0.1) is 0 Å². The summed E-state index contributed by atoms with van der Waals surface area (Å²) in [5, 5.41) is 0. The Bertz CT molecular complexity index is 181. The number of hydrogen-bond donors (Lipinski definition) is 0. The van der Waals surface area contributed by atoms with Crippen molar-refractivity contribution in [2.75, 3.05) is 6.61 Å². The third kappa shape index (κ3) is 3.94. The summed E-state index contributed by atoms with van der Waals surface area (Å²) in [6.45, 7) is 10.8. The van der Waals surface area contributed by atoms with Gasteiger partial charge >= 0.3 is 0 Å². The third-order valence-corrected chi connectivity index (χ3v) is 2.99. The molecule has 0 fully saturated rings. The Hall–Kier alpha value is -0.370. The second-order valence-corrected chi connectivity index (χ2v) is 4.42. The molecule has 0 aromatic carbocycles. The maximum Gasteiger partial charge on any atom is 0.167 e. The molecule has 0 saturated carbocycles. The van der Waals surface area contributed by atoms with Gasteiger partial charge in [0.1, 0.15) is 5.60 Å². The molecule has 2 nitrogen and oxygen atoms in total. The molecule has 0 aliphatic heterocycles. The molecule has 0 aliphatic rings. The smallest absolute Gasteiger partial charge is 0.167 e. The van der Waals surface area contributed by atoms with Crippen molar-refractivity contribution in [1.82, 2.24) is 0 Å². The minimum atomic E-state index is -0.524. The molecule has 0 amide bonds. The molecule has 0 N–H and O–H groups in total. The van der Waals surface area contributed by atoms with Crippen LogP contribution in [0.4, 0.5) is 0 Å². The standard InChI is InChI=1S/C13H26O2/c1-6-9-10-15-13(7-2,8-3)12(14)11(4)5/h11H,6-10H2,1-5H3. The van der Waals surface area contributed by atoms with E-state index in [0.717, 1.165) is 25.7 Å². The maximum absolute atomic E-state index is 12.1. The summed E-state index contributed by atoms with van der Waals surface area (Å²) >= 11 is 0. The molecular weight excluding hydrogens is 188 g/mol. The highest BCUT2D eigenvalue weighted by Gasteiger charge is 2.36. The Balaban J connectivity index is 4.49. The molecule has 0 atom stereocenters. The quantitative estimate of drug-likeness (QED) is 0.577. The molecule has 0 radical (unpaired) electrons. The number of ketones is 1. The summed E-state index contributed by atoms with van der Waals surface area (Å²) in [4.78, 5) is 12.1. The van der Waals surface area contributed by atoms with E-state index in [1.807, 2.05) is 27.7 Å². The average Bonchev–Trinajstić information content (AvgIpc) is 2.24. The Morgan fingerprint density at radius 1 is 1.20 bits per heavy atom. The van der Waals surface area contributed by atoms with Crippen LogP contribution >= 0.6 is 0 Å². The van der Waals surface area contributed by atoms with Gasteiger partial charge in [-0.05, 0) is 19.3 Å². The molecule has 0 aliphatic carbocycles. The van der Waals surface area contributed by atoms with Crippen LogP contribution < -0.4 is 0 Å². The van der Waals surface area contributed by atoms with E-state index in [4.69, 9.17) is 4.74 Å². The van der Waals surface area contributed by atoms with E-state index in [-0.39, 0.29) is 11.7 Å². The lowest BCUT2D eigenvalue weighted by Gasteiger charge is -2.32. The summed E-state index contributed by atoms with van der Waals surface area (Å²) in [5.41, 5.74) is -0.524. The van der Waals surface area contributed by atoms with Crippen LogP contribution in [0.15, 0.2) is 0 Å². The first-order chi connectivity index (χ1) is 7.04. The van der Waals surface area contributed by atoms with E-state index in [1.54, 1.807) is 0 Å². The van der Waals surface area contributed by atoms with Gasteiger partial charge < -0.3 is 4.74 Å². The van der Waals surface area contributed by atoms with Crippen molar-refractivity contribution in [3.05, 3.63) is 0 Å². The fraction of sp³-hybridized carbons (Fsp3) is 0.923. The van der Waals surface area contributed by atoms with E-state index >= 15 is 0 Å². The lowest BCUT2D eigenvalue weighted by atomic mass is 9.86. The van der Waals surface area contributed by atoms with Gasteiger partial charge in [0.2, 0.25) is 0 Å². The normalized spacial score (nSPS) is 12.1. The van der Waals surface area contributed by atoms with Crippen LogP contribution in [0.2, 0.25) is 0 Å². The topological polar surface area (TPSA) is 26.3 Å². The fourth-order valence-corrected chi connectivity index (χ4v) is 1.81. The zero-order chi connectivity index (χ0) is 11.9. The highest BCUT2D eigenvalue weighted by atomic mass is 16.5.